The van der Waals surface area contributed by atoms with E-state index in [0.717, 1.165) is 5.69 Å². The minimum atomic E-state index is -0.309. The Balaban J connectivity index is 1.62. The number of aliphatic hydroxyl groups is 1. The van der Waals surface area contributed by atoms with Gasteiger partial charge in [-0.15, -0.1) is 0 Å². The van der Waals surface area contributed by atoms with Gasteiger partial charge in [-0.3, -0.25) is 9.48 Å². The summed E-state index contributed by atoms with van der Waals surface area (Å²) in [5, 5.41) is 16.4. The summed E-state index contributed by atoms with van der Waals surface area (Å²) in [5.74, 6) is -0.588. The average molecular weight is 346 g/mol. The van der Waals surface area contributed by atoms with E-state index in [1.54, 1.807) is 23.9 Å². The van der Waals surface area contributed by atoms with Crippen molar-refractivity contribution < 1.29 is 14.3 Å². The van der Waals surface area contributed by atoms with E-state index in [2.05, 4.69) is 10.4 Å². The van der Waals surface area contributed by atoms with Crippen molar-refractivity contribution in [3.05, 3.63) is 47.0 Å². The molecule has 2 aromatic rings. The van der Waals surface area contributed by atoms with Gasteiger partial charge < -0.3 is 15.3 Å². The minimum absolute atomic E-state index is 0.240. The van der Waals surface area contributed by atoms with Gasteiger partial charge in [0.25, 0.3) is 5.91 Å². The third kappa shape index (κ3) is 3.99. The van der Waals surface area contributed by atoms with E-state index in [0.29, 0.717) is 42.9 Å². The van der Waals surface area contributed by atoms with Gasteiger partial charge >= 0.3 is 0 Å². The molecule has 1 aliphatic rings. The third-order valence-electron chi connectivity index (χ3n) is 4.62. The summed E-state index contributed by atoms with van der Waals surface area (Å²) in [6, 6.07) is 6.71. The molecule has 0 spiro atoms. The first-order valence-electron chi connectivity index (χ1n) is 8.44. The summed E-state index contributed by atoms with van der Waals surface area (Å²) >= 11 is 0. The lowest BCUT2D eigenvalue weighted by Gasteiger charge is -2.31. The molecule has 1 aromatic heterocycles. The van der Waals surface area contributed by atoms with Crippen molar-refractivity contribution in [3.8, 4) is 0 Å². The van der Waals surface area contributed by atoms with Crippen LogP contribution in [0.25, 0.3) is 0 Å². The van der Waals surface area contributed by atoms with Gasteiger partial charge in [-0.25, -0.2) is 4.39 Å². The Morgan fingerprint density at radius 3 is 2.68 bits per heavy atom. The number of aliphatic hydroxyl groups excluding tert-OH is 1. The number of nitrogens with zero attached hydrogens (tertiary/aromatic N) is 3. The van der Waals surface area contributed by atoms with Gasteiger partial charge in [0.15, 0.2) is 0 Å². The fourth-order valence-corrected chi connectivity index (χ4v) is 2.97. The molecule has 25 heavy (non-hydrogen) atoms. The largest absolute Gasteiger partial charge is 0.393 e. The number of aromatic nitrogens is 2. The molecular weight excluding hydrogens is 323 g/mol. The van der Waals surface area contributed by atoms with Gasteiger partial charge in [0.05, 0.1) is 11.8 Å². The molecule has 2 N–H and O–H groups in total. The number of aryl methyl sites for hydroxylation is 2. The highest BCUT2D eigenvalue weighted by Gasteiger charge is 2.20. The summed E-state index contributed by atoms with van der Waals surface area (Å²) < 4.78 is 16.0. The Kier molecular flexibility index (Phi) is 5.03. The molecule has 2 heterocycles. The Hall–Kier alpha value is -2.41. The second-order valence-corrected chi connectivity index (χ2v) is 6.48. The van der Waals surface area contributed by atoms with Crippen LogP contribution in [0.2, 0.25) is 0 Å². The highest BCUT2D eigenvalue weighted by atomic mass is 19.1. The van der Waals surface area contributed by atoms with E-state index in [4.69, 9.17) is 0 Å². The normalized spacial score (nSPS) is 15.4. The van der Waals surface area contributed by atoms with Crippen LogP contribution in [-0.2, 0) is 13.6 Å². The van der Waals surface area contributed by atoms with Gasteiger partial charge in [-0.2, -0.15) is 5.10 Å². The molecule has 0 aliphatic carbocycles. The summed E-state index contributed by atoms with van der Waals surface area (Å²) in [6.45, 7) is 3.40. The molecule has 7 heteroatoms. The third-order valence-corrected chi connectivity index (χ3v) is 4.62. The van der Waals surface area contributed by atoms with E-state index in [-0.39, 0.29) is 24.4 Å². The van der Waals surface area contributed by atoms with Gasteiger partial charge in [-0.05, 0) is 43.5 Å². The van der Waals surface area contributed by atoms with Crippen molar-refractivity contribution in [2.24, 2.45) is 7.05 Å². The average Bonchev–Trinajstić information content (AvgIpc) is 2.93. The molecular formula is C18H23FN4O2. The maximum absolute atomic E-state index is 14.4. The zero-order chi connectivity index (χ0) is 18.0. The molecule has 1 saturated heterocycles. The SMILES string of the molecule is Cc1cc(C(=O)NCc2ccc(N3CCC(O)CC3)c(F)c2)nn1C. The molecule has 1 amide bonds. The molecule has 0 unspecified atom stereocenters. The molecule has 1 aromatic carbocycles. The number of carbonyl (C=O) groups excluding carboxylic acids is 1. The number of nitrogens with one attached hydrogen (secondary N) is 1. The van der Waals surface area contributed by atoms with Gasteiger partial charge in [0.2, 0.25) is 0 Å². The predicted molar refractivity (Wildman–Crippen MR) is 93.0 cm³/mol. The fourth-order valence-electron chi connectivity index (χ4n) is 2.97. The molecule has 3 rings (SSSR count). The summed E-state index contributed by atoms with van der Waals surface area (Å²) in [7, 11) is 1.78. The van der Waals surface area contributed by atoms with Crippen LogP contribution >= 0.6 is 0 Å². The van der Waals surface area contributed by atoms with Crippen molar-refractivity contribution in [1.29, 1.82) is 0 Å². The van der Waals surface area contributed by atoms with Crippen molar-refractivity contribution >= 4 is 11.6 Å². The van der Waals surface area contributed by atoms with Crippen molar-refractivity contribution in [2.75, 3.05) is 18.0 Å². The van der Waals surface area contributed by atoms with Crippen LogP contribution in [-0.4, -0.2) is 40.0 Å². The first-order valence-corrected chi connectivity index (χ1v) is 8.44. The zero-order valence-electron chi connectivity index (χ0n) is 14.5. The smallest absolute Gasteiger partial charge is 0.272 e. The molecule has 0 saturated carbocycles. The Morgan fingerprint density at radius 2 is 2.08 bits per heavy atom. The van der Waals surface area contributed by atoms with E-state index in [9.17, 15) is 14.3 Å². The first kappa shape index (κ1) is 17.4. The van der Waals surface area contributed by atoms with Crippen molar-refractivity contribution in [3.63, 3.8) is 0 Å². The number of anilines is 1. The topological polar surface area (TPSA) is 70.4 Å². The van der Waals surface area contributed by atoms with E-state index < -0.39 is 0 Å². The first-order chi connectivity index (χ1) is 11.9. The molecule has 134 valence electrons. The van der Waals surface area contributed by atoms with Crippen LogP contribution in [0.5, 0.6) is 0 Å². The van der Waals surface area contributed by atoms with Crippen molar-refractivity contribution in [1.82, 2.24) is 15.1 Å². The van der Waals surface area contributed by atoms with Gasteiger partial charge in [0, 0.05) is 32.4 Å². The number of halogens is 1. The number of hydrogen-bond acceptors (Lipinski definition) is 4. The predicted octanol–water partition coefficient (Wildman–Crippen LogP) is 1.76. The number of benzene rings is 1. The highest BCUT2D eigenvalue weighted by molar-refractivity contribution is 5.92. The standard InChI is InChI=1S/C18H23FN4O2/c1-12-9-16(21-22(12)2)18(25)20-11-13-3-4-17(15(19)10-13)23-7-5-14(24)6-8-23/h3-4,9-10,14,24H,5-8,11H2,1-2H3,(H,20,25). The maximum atomic E-state index is 14.4. The Bertz CT molecular complexity index is 747. The van der Waals surface area contributed by atoms with Crippen LogP contribution in [0.4, 0.5) is 10.1 Å². The van der Waals surface area contributed by atoms with E-state index in [1.165, 1.54) is 6.07 Å². The van der Waals surface area contributed by atoms with Gasteiger partial charge in [0.1, 0.15) is 11.5 Å². The lowest BCUT2D eigenvalue weighted by Crippen LogP contribution is -2.36. The van der Waals surface area contributed by atoms with Crippen LogP contribution < -0.4 is 10.2 Å². The second kappa shape index (κ2) is 7.23. The maximum Gasteiger partial charge on any atom is 0.272 e. The molecule has 1 fully saturated rings. The Labute approximate surface area is 146 Å². The number of piperidine rings is 1. The molecule has 0 bridgehead atoms. The summed E-state index contributed by atoms with van der Waals surface area (Å²) in [4.78, 5) is 14.0. The van der Waals surface area contributed by atoms with Gasteiger partial charge in [-0.1, -0.05) is 6.07 Å². The minimum Gasteiger partial charge on any atom is -0.393 e. The molecule has 6 nitrogen and oxygen atoms in total. The second-order valence-electron chi connectivity index (χ2n) is 6.48. The van der Waals surface area contributed by atoms with Crippen LogP contribution in [0.15, 0.2) is 24.3 Å². The molecule has 0 atom stereocenters. The Morgan fingerprint density at radius 1 is 1.36 bits per heavy atom. The molecule has 1 aliphatic heterocycles. The van der Waals surface area contributed by atoms with Crippen LogP contribution in [0, 0.1) is 12.7 Å². The monoisotopic (exact) mass is 346 g/mol. The molecule has 0 radical (unpaired) electrons. The number of amides is 1. The van der Waals surface area contributed by atoms with Crippen LogP contribution in [0.1, 0.15) is 34.6 Å². The van der Waals surface area contributed by atoms with Crippen molar-refractivity contribution in [2.45, 2.75) is 32.4 Å². The highest BCUT2D eigenvalue weighted by Crippen LogP contribution is 2.24. The van der Waals surface area contributed by atoms with Crippen LogP contribution in [0.3, 0.4) is 0 Å². The quantitative estimate of drug-likeness (QED) is 0.885. The lowest BCUT2D eigenvalue weighted by molar-refractivity contribution is 0.0945. The lowest BCUT2D eigenvalue weighted by atomic mass is 10.1. The zero-order valence-corrected chi connectivity index (χ0v) is 14.5. The fraction of sp³-hybridized carbons (Fsp3) is 0.444. The van der Waals surface area contributed by atoms with E-state index in [1.807, 2.05) is 17.9 Å². The summed E-state index contributed by atoms with van der Waals surface area (Å²) in [6.07, 6.45) is 1.02. The summed E-state index contributed by atoms with van der Waals surface area (Å²) in [5.41, 5.74) is 2.48. The number of hydrogen-bond donors (Lipinski definition) is 2. The number of carbonyl (C=O) groups is 1. The number of rotatable bonds is 4. The van der Waals surface area contributed by atoms with E-state index >= 15 is 0 Å².